The molecule has 0 aliphatic heterocycles. The molecule has 0 radical (unpaired) electrons. The van der Waals surface area contributed by atoms with E-state index >= 15 is 0 Å². The normalized spacial score (nSPS) is 12.7. The predicted octanol–water partition coefficient (Wildman–Crippen LogP) is 15.1. The van der Waals surface area contributed by atoms with Crippen molar-refractivity contribution in [2.24, 2.45) is 0 Å². The second-order valence-electron chi connectivity index (χ2n) is 15.3. The van der Waals surface area contributed by atoms with Gasteiger partial charge in [-0.3, -0.25) is 14.4 Å². The molecular formula is C51H86O6. The molecule has 0 aromatic heterocycles. The number of hydrogen-bond acceptors (Lipinski definition) is 6. The van der Waals surface area contributed by atoms with Crippen molar-refractivity contribution in [1.29, 1.82) is 0 Å². The molecule has 326 valence electrons. The predicted molar refractivity (Wildman–Crippen MR) is 242 cm³/mol. The highest BCUT2D eigenvalue weighted by Gasteiger charge is 2.19. The Kier molecular flexibility index (Phi) is 43.0. The summed E-state index contributed by atoms with van der Waals surface area (Å²) >= 11 is 0. The molecule has 0 N–H and O–H groups in total. The number of allylic oxidation sites excluding steroid dienone is 12. The van der Waals surface area contributed by atoms with Gasteiger partial charge in [-0.1, -0.05) is 184 Å². The van der Waals surface area contributed by atoms with E-state index in [1.165, 1.54) is 64.2 Å². The first-order valence-electron chi connectivity index (χ1n) is 23.4. The van der Waals surface area contributed by atoms with Gasteiger partial charge in [-0.05, 0) is 83.5 Å². The average Bonchev–Trinajstić information content (AvgIpc) is 3.21. The molecule has 0 amide bonds. The first-order valence-corrected chi connectivity index (χ1v) is 23.4. The summed E-state index contributed by atoms with van der Waals surface area (Å²) in [5, 5.41) is 0. The summed E-state index contributed by atoms with van der Waals surface area (Å²) in [5.74, 6) is -0.957. The Hall–Kier alpha value is -3.15. The van der Waals surface area contributed by atoms with Gasteiger partial charge in [0.2, 0.25) is 0 Å². The maximum atomic E-state index is 12.7. The Balaban J connectivity index is 4.47. The molecular weight excluding hydrogens is 709 g/mol. The Labute approximate surface area is 351 Å². The molecule has 6 heteroatoms. The summed E-state index contributed by atoms with van der Waals surface area (Å²) in [6, 6.07) is 0. The lowest BCUT2D eigenvalue weighted by Crippen LogP contribution is -2.30. The Morgan fingerprint density at radius 2 is 0.702 bits per heavy atom. The Morgan fingerprint density at radius 1 is 0.368 bits per heavy atom. The lowest BCUT2D eigenvalue weighted by molar-refractivity contribution is -0.167. The molecule has 0 rings (SSSR count). The van der Waals surface area contributed by atoms with Gasteiger partial charge in [-0.25, -0.2) is 0 Å². The minimum atomic E-state index is -0.796. The van der Waals surface area contributed by atoms with Crippen molar-refractivity contribution in [2.75, 3.05) is 13.2 Å². The summed E-state index contributed by atoms with van der Waals surface area (Å²) in [6.45, 7) is 6.41. The molecule has 0 fully saturated rings. The number of carbonyl (C=O) groups excluding carboxylic acids is 3. The molecule has 0 spiro atoms. The summed E-state index contributed by atoms with van der Waals surface area (Å²) in [7, 11) is 0. The largest absolute Gasteiger partial charge is 0.462 e. The zero-order valence-corrected chi connectivity index (χ0v) is 37.1. The van der Waals surface area contributed by atoms with Crippen LogP contribution in [0.15, 0.2) is 72.9 Å². The van der Waals surface area contributed by atoms with E-state index in [4.69, 9.17) is 14.2 Å². The second kappa shape index (κ2) is 45.6. The SMILES string of the molecule is CC/C=C\C/C=C\C/C=C\C/C=C\CCCCC(=O)OC[C@@H](COC(=O)CCCCCCCCCCCC)OC(=O)CCCCCCC/C=C\C/C=C\CCCC. The van der Waals surface area contributed by atoms with Crippen LogP contribution in [-0.2, 0) is 28.6 Å². The topological polar surface area (TPSA) is 78.9 Å². The van der Waals surface area contributed by atoms with Crippen molar-refractivity contribution in [3.63, 3.8) is 0 Å². The summed E-state index contributed by atoms with van der Waals surface area (Å²) in [4.78, 5) is 37.8. The zero-order chi connectivity index (χ0) is 41.5. The van der Waals surface area contributed by atoms with E-state index in [0.717, 1.165) is 109 Å². The number of esters is 3. The van der Waals surface area contributed by atoms with Crippen LogP contribution < -0.4 is 0 Å². The van der Waals surface area contributed by atoms with Crippen LogP contribution in [0.4, 0.5) is 0 Å². The maximum absolute atomic E-state index is 12.7. The molecule has 57 heavy (non-hydrogen) atoms. The van der Waals surface area contributed by atoms with Gasteiger partial charge >= 0.3 is 17.9 Å². The second-order valence-corrected chi connectivity index (χ2v) is 15.3. The van der Waals surface area contributed by atoms with Crippen LogP contribution in [0.1, 0.15) is 213 Å². The first-order chi connectivity index (χ1) is 28.0. The summed E-state index contributed by atoms with van der Waals surface area (Å²) in [5.41, 5.74) is 0. The molecule has 1 atom stereocenters. The third-order valence-corrected chi connectivity index (χ3v) is 9.70. The standard InChI is InChI=1S/C51H86O6/c1-4-7-10-13-16-19-22-24-26-28-29-32-35-38-41-44-50(53)56-47-48(46-55-49(52)43-40-37-34-31-21-18-15-12-9-6-3)57-51(54)45-42-39-36-33-30-27-25-23-20-17-14-11-8-5-2/h7,10,14,16-17,19,23-26,29,32,48H,4-6,8-9,11-13,15,18,20-22,27-28,30-31,33-47H2,1-3H3/b10-7-,17-14-,19-16-,25-23-,26-24-,32-29-/t48-/m1/s1. The van der Waals surface area contributed by atoms with Crippen molar-refractivity contribution in [1.82, 2.24) is 0 Å². The van der Waals surface area contributed by atoms with Crippen LogP contribution >= 0.6 is 0 Å². The molecule has 0 saturated heterocycles. The molecule has 0 saturated carbocycles. The van der Waals surface area contributed by atoms with Gasteiger partial charge in [-0.15, -0.1) is 0 Å². The lowest BCUT2D eigenvalue weighted by Gasteiger charge is -2.18. The van der Waals surface area contributed by atoms with Crippen molar-refractivity contribution in [2.45, 2.75) is 219 Å². The molecule has 0 aliphatic rings. The highest BCUT2D eigenvalue weighted by molar-refractivity contribution is 5.71. The Bertz CT molecular complexity index is 1100. The zero-order valence-electron chi connectivity index (χ0n) is 37.1. The van der Waals surface area contributed by atoms with Crippen molar-refractivity contribution < 1.29 is 28.6 Å². The quantitative estimate of drug-likeness (QED) is 0.0265. The summed E-state index contributed by atoms with van der Waals surface area (Å²) < 4.78 is 16.7. The van der Waals surface area contributed by atoms with Crippen LogP contribution in [0.5, 0.6) is 0 Å². The number of carbonyl (C=O) groups is 3. The van der Waals surface area contributed by atoms with Gasteiger partial charge in [0, 0.05) is 19.3 Å². The van der Waals surface area contributed by atoms with E-state index in [2.05, 4.69) is 93.7 Å². The minimum absolute atomic E-state index is 0.0938. The highest BCUT2D eigenvalue weighted by atomic mass is 16.6. The third kappa shape index (κ3) is 43.8. The summed E-state index contributed by atoms with van der Waals surface area (Å²) in [6.07, 6.45) is 56.0. The van der Waals surface area contributed by atoms with Gasteiger partial charge in [0.15, 0.2) is 6.10 Å². The van der Waals surface area contributed by atoms with E-state index in [9.17, 15) is 14.4 Å². The molecule has 0 heterocycles. The highest BCUT2D eigenvalue weighted by Crippen LogP contribution is 2.13. The Morgan fingerprint density at radius 3 is 1.16 bits per heavy atom. The van der Waals surface area contributed by atoms with E-state index in [1.54, 1.807) is 0 Å². The van der Waals surface area contributed by atoms with E-state index < -0.39 is 6.10 Å². The number of unbranched alkanes of at least 4 members (excludes halogenated alkanes) is 18. The fraction of sp³-hybridized carbons (Fsp3) is 0.706. The van der Waals surface area contributed by atoms with Crippen molar-refractivity contribution in [3.8, 4) is 0 Å². The van der Waals surface area contributed by atoms with Crippen LogP contribution in [0.2, 0.25) is 0 Å². The van der Waals surface area contributed by atoms with E-state index in [1.807, 2.05) is 0 Å². The average molecular weight is 795 g/mol. The number of rotatable bonds is 41. The molecule has 0 aromatic rings. The van der Waals surface area contributed by atoms with E-state index in [0.29, 0.717) is 19.3 Å². The first kappa shape index (κ1) is 53.9. The van der Waals surface area contributed by atoms with E-state index in [-0.39, 0.29) is 31.1 Å². The molecule has 0 unspecified atom stereocenters. The number of hydrogen-bond donors (Lipinski definition) is 0. The van der Waals surface area contributed by atoms with Crippen LogP contribution in [0, 0.1) is 0 Å². The van der Waals surface area contributed by atoms with Gasteiger partial charge in [0.25, 0.3) is 0 Å². The third-order valence-electron chi connectivity index (χ3n) is 9.70. The molecule has 0 aliphatic carbocycles. The van der Waals surface area contributed by atoms with Crippen molar-refractivity contribution >= 4 is 17.9 Å². The number of ether oxygens (including phenoxy) is 3. The van der Waals surface area contributed by atoms with Gasteiger partial charge in [0.1, 0.15) is 13.2 Å². The lowest BCUT2D eigenvalue weighted by atomic mass is 10.1. The smallest absolute Gasteiger partial charge is 0.306 e. The maximum Gasteiger partial charge on any atom is 0.306 e. The van der Waals surface area contributed by atoms with Crippen LogP contribution in [0.25, 0.3) is 0 Å². The fourth-order valence-electron chi connectivity index (χ4n) is 6.15. The van der Waals surface area contributed by atoms with Gasteiger partial charge in [0.05, 0.1) is 0 Å². The van der Waals surface area contributed by atoms with Gasteiger partial charge in [-0.2, -0.15) is 0 Å². The van der Waals surface area contributed by atoms with Crippen LogP contribution in [0.3, 0.4) is 0 Å². The van der Waals surface area contributed by atoms with Crippen LogP contribution in [-0.4, -0.2) is 37.2 Å². The molecule has 0 aromatic carbocycles. The fourth-order valence-corrected chi connectivity index (χ4v) is 6.15. The molecule has 0 bridgehead atoms. The molecule has 6 nitrogen and oxygen atoms in total. The van der Waals surface area contributed by atoms with Crippen molar-refractivity contribution in [3.05, 3.63) is 72.9 Å². The van der Waals surface area contributed by atoms with Gasteiger partial charge < -0.3 is 14.2 Å². The monoisotopic (exact) mass is 795 g/mol. The minimum Gasteiger partial charge on any atom is -0.462 e.